The van der Waals surface area contributed by atoms with Crippen LogP contribution in [0.25, 0.3) is 0 Å². The molecule has 0 spiro atoms. The molecule has 3 aromatic rings. The van der Waals surface area contributed by atoms with Gasteiger partial charge in [0, 0.05) is 18.8 Å². The Morgan fingerprint density at radius 1 is 0.971 bits per heavy atom. The molecular formula is C28H32N2O4S. The van der Waals surface area contributed by atoms with E-state index in [-0.39, 0.29) is 16.1 Å². The second-order valence-electron chi connectivity index (χ2n) is 9.49. The van der Waals surface area contributed by atoms with Crippen LogP contribution in [-0.2, 0) is 16.4 Å². The fraction of sp³-hybridized carbons (Fsp3) is 0.321. The Morgan fingerprint density at radius 3 is 2.20 bits per heavy atom. The summed E-state index contributed by atoms with van der Waals surface area (Å²) in [5, 5.41) is 9.90. The number of carboxylic acids is 1. The molecule has 6 nitrogen and oxygen atoms in total. The maximum atomic E-state index is 13.1. The van der Waals surface area contributed by atoms with E-state index in [1.807, 2.05) is 25.1 Å². The molecule has 0 bridgehead atoms. The minimum Gasteiger partial charge on any atom is -0.478 e. The molecule has 2 N–H and O–H groups in total. The molecule has 0 aromatic heterocycles. The van der Waals surface area contributed by atoms with E-state index < -0.39 is 16.0 Å². The Kier molecular flexibility index (Phi) is 7.17. The Balaban J connectivity index is 1.51. The van der Waals surface area contributed by atoms with E-state index in [1.54, 1.807) is 26.0 Å². The molecule has 1 saturated heterocycles. The molecule has 1 aliphatic heterocycles. The molecule has 3 aromatic carbocycles. The Hall–Kier alpha value is -3.32. The maximum Gasteiger partial charge on any atom is 0.337 e. The highest BCUT2D eigenvalue weighted by Crippen LogP contribution is 2.31. The summed E-state index contributed by atoms with van der Waals surface area (Å²) in [6, 6.07) is 18.9. The van der Waals surface area contributed by atoms with E-state index in [0.29, 0.717) is 22.7 Å². The molecule has 0 unspecified atom stereocenters. The lowest BCUT2D eigenvalue weighted by Gasteiger charge is -2.34. The lowest BCUT2D eigenvalue weighted by atomic mass is 9.90. The van der Waals surface area contributed by atoms with Crippen molar-refractivity contribution in [1.29, 1.82) is 0 Å². The summed E-state index contributed by atoms with van der Waals surface area (Å²) in [5.74, 6) is -0.510. The minimum absolute atomic E-state index is 0.101. The van der Waals surface area contributed by atoms with Gasteiger partial charge in [-0.1, -0.05) is 48.0 Å². The minimum atomic E-state index is -3.87. The van der Waals surface area contributed by atoms with Gasteiger partial charge >= 0.3 is 5.97 Å². The average Bonchev–Trinajstić information content (AvgIpc) is 2.79. The highest BCUT2D eigenvalue weighted by atomic mass is 32.2. The average molecular weight is 493 g/mol. The summed E-state index contributed by atoms with van der Waals surface area (Å²) in [6.45, 7) is 6.99. The van der Waals surface area contributed by atoms with Gasteiger partial charge in [-0.3, -0.25) is 4.72 Å². The van der Waals surface area contributed by atoms with Crippen molar-refractivity contribution in [3.8, 4) is 0 Å². The lowest BCUT2D eigenvalue weighted by Crippen LogP contribution is -2.35. The second-order valence-corrected chi connectivity index (χ2v) is 11.1. The number of rotatable bonds is 7. The van der Waals surface area contributed by atoms with Gasteiger partial charge in [-0.25, -0.2) is 13.2 Å². The van der Waals surface area contributed by atoms with Gasteiger partial charge in [-0.2, -0.15) is 0 Å². The van der Waals surface area contributed by atoms with Crippen molar-refractivity contribution in [2.75, 3.05) is 22.7 Å². The molecule has 184 valence electrons. The largest absolute Gasteiger partial charge is 0.478 e. The van der Waals surface area contributed by atoms with E-state index in [0.717, 1.165) is 37.9 Å². The van der Waals surface area contributed by atoms with Crippen molar-refractivity contribution in [3.63, 3.8) is 0 Å². The van der Waals surface area contributed by atoms with Gasteiger partial charge in [0.05, 0.1) is 16.1 Å². The number of sulfonamides is 1. The van der Waals surface area contributed by atoms with E-state index in [4.69, 9.17) is 0 Å². The van der Waals surface area contributed by atoms with Crippen molar-refractivity contribution in [2.24, 2.45) is 5.92 Å². The molecular weight excluding hydrogens is 460 g/mol. The maximum absolute atomic E-state index is 13.1. The number of nitrogens with zero attached hydrogens (tertiary/aromatic N) is 1. The number of carbonyl (C=O) groups is 1. The summed E-state index contributed by atoms with van der Waals surface area (Å²) in [5.41, 5.74) is 4.60. The number of hydrogen-bond acceptors (Lipinski definition) is 4. The van der Waals surface area contributed by atoms with Gasteiger partial charge in [-0.15, -0.1) is 0 Å². The van der Waals surface area contributed by atoms with Gasteiger partial charge in [0.25, 0.3) is 10.0 Å². The number of piperidine rings is 1. The zero-order valence-electron chi connectivity index (χ0n) is 20.4. The fourth-order valence-electron chi connectivity index (χ4n) is 5.17. The number of nitrogens with one attached hydrogen (secondary N) is 1. The van der Waals surface area contributed by atoms with Crippen LogP contribution in [0.1, 0.15) is 45.5 Å². The van der Waals surface area contributed by atoms with Crippen LogP contribution in [-0.4, -0.2) is 32.6 Å². The summed E-state index contributed by atoms with van der Waals surface area (Å²) in [4.78, 5) is 14.4. The molecule has 7 heteroatoms. The lowest BCUT2D eigenvalue weighted by molar-refractivity contribution is 0.0697. The molecule has 0 radical (unpaired) electrons. The van der Waals surface area contributed by atoms with E-state index in [2.05, 4.69) is 33.9 Å². The van der Waals surface area contributed by atoms with Gasteiger partial charge in [-0.05, 0) is 80.8 Å². The van der Waals surface area contributed by atoms with Crippen LogP contribution in [0.3, 0.4) is 0 Å². The highest BCUT2D eigenvalue weighted by molar-refractivity contribution is 7.92. The molecule has 1 heterocycles. The smallest absolute Gasteiger partial charge is 0.337 e. The van der Waals surface area contributed by atoms with E-state index in [1.165, 1.54) is 11.6 Å². The first-order valence-electron chi connectivity index (χ1n) is 11.9. The van der Waals surface area contributed by atoms with Crippen molar-refractivity contribution in [2.45, 2.75) is 44.9 Å². The van der Waals surface area contributed by atoms with Crippen molar-refractivity contribution >= 4 is 27.4 Å². The number of aryl methyl sites for hydroxylation is 3. The third kappa shape index (κ3) is 5.68. The molecule has 35 heavy (non-hydrogen) atoms. The van der Waals surface area contributed by atoms with Crippen LogP contribution in [0.15, 0.2) is 65.6 Å². The first kappa shape index (κ1) is 24.8. The first-order chi connectivity index (χ1) is 16.6. The van der Waals surface area contributed by atoms with Crippen LogP contribution >= 0.6 is 0 Å². The van der Waals surface area contributed by atoms with Crippen LogP contribution in [0.2, 0.25) is 0 Å². The number of hydrogen-bond donors (Lipinski definition) is 2. The molecule has 1 fully saturated rings. The zero-order valence-corrected chi connectivity index (χ0v) is 21.2. The number of aromatic carboxylic acids is 1. The normalized spacial score (nSPS) is 14.7. The fourth-order valence-corrected chi connectivity index (χ4v) is 6.67. The van der Waals surface area contributed by atoms with Gasteiger partial charge in [0.1, 0.15) is 0 Å². The van der Waals surface area contributed by atoms with Crippen molar-refractivity contribution in [3.05, 3.63) is 88.5 Å². The molecule has 0 saturated carbocycles. The predicted molar refractivity (Wildman–Crippen MR) is 140 cm³/mol. The van der Waals surface area contributed by atoms with Crippen LogP contribution < -0.4 is 9.62 Å². The molecule has 0 atom stereocenters. The summed E-state index contributed by atoms with van der Waals surface area (Å²) < 4.78 is 28.9. The zero-order chi connectivity index (χ0) is 25.2. The predicted octanol–water partition coefficient (Wildman–Crippen LogP) is 5.57. The third-order valence-corrected chi connectivity index (χ3v) is 8.36. The van der Waals surface area contributed by atoms with Crippen molar-refractivity contribution in [1.82, 2.24) is 0 Å². The molecule has 4 rings (SSSR count). The monoisotopic (exact) mass is 492 g/mol. The molecule has 0 aliphatic carbocycles. The first-order valence-corrected chi connectivity index (χ1v) is 13.4. The second kappa shape index (κ2) is 10.1. The van der Waals surface area contributed by atoms with Crippen molar-refractivity contribution < 1.29 is 18.3 Å². The number of anilines is 2. The van der Waals surface area contributed by atoms with Crippen LogP contribution in [0.4, 0.5) is 11.4 Å². The molecule has 1 aliphatic rings. The topological polar surface area (TPSA) is 86.7 Å². The Bertz CT molecular complexity index is 1310. The van der Waals surface area contributed by atoms with E-state index in [9.17, 15) is 18.3 Å². The standard InChI is InChI=1S/C28H32N2O4S/c1-19-15-20(2)27(21(3)16-19)35(33,34)29-24-9-10-26(25(18-24)28(31)32)30-13-11-23(12-14-30)17-22-7-5-4-6-8-22/h4-10,15-16,18,23,29H,11-14,17H2,1-3H3,(H,31,32). The summed E-state index contributed by atoms with van der Waals surface area (Å²) in [7, 11) is -3.87. The Morgan fingerprint density at radius 2 is 1.60 bits per heavy atom. The SMILES string of the molecule is Cc1cc(C)c(S(=O)(=O)Nc2ccc(N3CCC(Cc4ccccc4)CC3)c(C(=O)O)c2)c(C)c1. The van der Waals surface area contributed by atoms with Crippen LogP contribution in [0.5, 0.6) is 0 Å². The van der Waals surface area contributed by atoms with Gasteiger partial charge in [0.2, 0.25) is 0 Å². The third-order valence-electron chi connectivity index (χ3n) is 6.67. The summed E-state index contributed by atoms with van der Waals surface area (Å²) >= 11 is 0. The molecule has 0 amide bonds. The van der Waals surface area contributed by atoms with Crippen LogP contribution in [0, 0.1) is 26.7 Å². The number of benzene rings is 3. The number of carboxylic acid groups (broad SMARTS) is 1. The summed E-state index contributed by atoms with van der Waals surface area (Å²) in [6.07, 6.45) is 2.99. The quantitative estimate of drug-likeness (QED) is 0.450. The van der Waals surface area contributed by atoms with E-state index >= 15 is 0 Å². The van der Waals surface area contributed by atoms with Gasteiger partial charge < -0.3 is 10.0 Å². The van der Waals surface area contributed by atoms with Gasteiger partial charge in [0.15, 0.2) is 0 Å². The highest BCUT2D eigenvalue weighted by Gasteiger charge is 2.25. The Labute approximate surface area is 207 Å².